The van der Waals surface area contributed by atoms with E-state index in [2.05, 4.69) is 65.7 Å². The number of hydrogen-bond donors (Lipinski definition) is 8. The van der Waals surface area contributed by atoms with Crippen molar-refractivity contribution in [2.75, 3.05) is 122 Å². The van der Waals surface area contributed by atoms with Crippen molar-refractivity contribution < 1.29 is 186 Å². The van der Waals surface area contributed by atoms with Crippen LogP contribution in [0.3, 0.4) is 0 Å². The predicted octanol–water partition coefficient (Wildman–Crippen LogP) is -2.31. The van der Waals surface area contributed by atoms with Gasteiger partial charge >= 0.3 is 0 Å². The van der Waals surface area contributed by atoms with E-state index in [0.717, 1.165) is 20.3 Å². The summed E-state index contributed by atoms with van der Waals surface area (Å²) in [5.74, 6) is 0. The van der Waals surface area contributed by atoms with E-state index in [9.17, 15) is 0 Å². The minimum Gasteiger partial charge on any atom is -0.857 e. The molecule has 0 saturated carbocycles. The standard InChI is InChI=1S/2C4H11O3P.3C4H10O3.C3H7O2P.CH3O.3CH4.H3P.3Y/c2*1-6-2-4(5)3-7-8;3*1-7-3-4(6)2-5;6-5-2-3-1-4-3;1-2;;;;;;;/h2*4-5H,2-3,8H2,1H3;3*4-6H,2-3H2,1H3;3H,1-2,6H2;1H3;3*1H4;1H3;;;/q;;;;;;-1;;;;;;;. The molecule has 10 atom stereocenters. The van der Waals surface area contributed by atoms with E-state index < -0.39 is 30.5 Å². The fourth-order valence-electron chi connectivity index (χ4n) is 1.71. The normalized spacial score (nSPS) is 13.6. The Balaban J connectivity index is -0.0000000308. The molecule has 1 aliphatic heterocycles. The maximum Gasteiger partial charge on any atom is 0.105 e. The van der Waals surface area contributed by atoms with Gasteiger partial charge in [-0.1, -0.05) is 22.3 Å². The summed E-state index contributed by atoms with van der Waals surface area (Å²) in [6.45, 7) is 2.80. The van der Waals surface area contributed by atoms with Gasteiger partial charge in [0.25, 0.3) is 0 Å². The van der Waals surface area contributed by atoms with Gasteiger partial charge in [-0.25, -0.2) is 0 Å². The number of methoxy groups -OCH3 is 5. The van der Waals surface area contributed by atoms with Crippen LogP contribution in [0.5, 0.6) is 0 Å². The second-order valence-electron chi connectivity index (χ2n) is 8.05. The smallest absolute Gasteiger partial charge is 0.105 e. The average Bonchev–Trinajstić information content (AvgIpc) is 3.85. The number of aliphatic hydroxyl groups is 8. The predicted molar refractivity (Wildman–Crippen MR) is 205 cm³/mol. The van der Waals surface area contributed by atoms with Crippen molar-refractivity contribution in [2.45, 2.75) is 58.9 Å². The van der Waals surface area contributed by atoms with Crippen molar-refractivity contribution in [3.8, 4) is 0 Å². The minimum absolute atomic E-state index is 0. The van der Waals surface area contributed by atoms with Gasteiger partial charge in [-0.3, -0.25) is 0 Å². The maximum atomic E-state index is 8.79. The Morgan fingerprint density at radius 1 is 0.519 bits per heavy atom. The van der Waals surface area contributed by atoms with Gasteiger partial charge in [0.1, 0.15) is 36.6 Å². The van der Waals surface area contributed by atoms with Crippen molar-refractivity contribution in [3.63, 3.8) is 0 Å². The first kappa shape index (κ1) is 91.8. The van der Waals surface area contributed by atoms with E-state index >= 15 is 0 Å². The number of hydrogen-bond acceptors (Lipinski definition) is 18. The Hall–Kier alpha value is 4.31. The fraction of sp³-hybridized carbons (Fsp3) is 1.00. The molecule has 323 valence electrons. The molecule has 1 rings (SSSR count). The van der Waals surface area contributed by atoms with Crippen LogP contribution in [0.2, 0.25) is 0 Å². The largest absolute Gasteiger partial charge is 0.857 e. The van der Waals surface area contributed by atoms with Gasteiger partial charge in [-0.05, 0) is 0 Å². The van der Waals surface area contributed by atoms with E-state index in [1.165, 1.54) is 35.5 Å². The van der Waals surface area contributed by atoms with Crippen LogP contribution in [0.25, 0.3) is 0 Å². The van der Waals surface area contributed by atoms with Crippen molar-refractivity contribution >= 4 is 38.3 Å². The molecule has 0 aromatic heterocycles. The number of aliphatic hydroxyl groups excluding tert-OH is 8. The summed E-state index contributed by atoms with van der Waals surface area (Å²) in [5.41, 5.74) is 0. The molecule has 0 spiro atoms. The summed E-state index contributed by atoms with van der Waals surface area (Å²) in [6.07, 6.45) is -2.75. The first-order chi connectivity index (χ1) is 21.5. The molecule has 25 heteroatoms. The first-order valence-electron chi connectivity index (χ1n) is 13.1. The number of epoxide rings is 1. The molecule has 1 saturated heterocycles. The van der Waals surface area contributed by atoms with Gasteiger partial charge < -0.3 is 88.0 Å². The first-order valence-corrected chi connectivity index (χ1v) is 14.5. The molecule has 0 bridgehead atoms. The maximum absolute atomic E-state index is 8.79. The molecular weight excluding hydrogens is 1000 g/mol. The molecular formula is C27H77O18P4Y3-. The molecule has 1 aliphatic rings. The molecule has 0 aliphatic carbocycles. The third-order valence-corrected chi connectivity index (χ3v) is 4.27. The topological polar surface area (TPSA) is 271 Å². The van der Waals surface area contributed by atoms with Gasteiger partial charge in [-0.2, -0.15) is 17.0 Å². The van der Waals surface area contributed by atoms with E-state index in [1.807, 2.05) is 0 Å². The molecule has 52 heavy (non-hydrogen) atoms. The van der Waals surface area contributed by atoms with Gasteiger partial charge in [0, 0.05) is 162 Å². The van der Waals surface area contributed by atoms with Crippen LogP contribution in [0.4, 0.5) is 0 Å². The Morgan fingerprint density at radius 2 is 0.731 bits per heavy atom. The van der Waals surface area contributed by atoms with Crippen LogP contribution in [0.1, 0.15) is 22.3 Å². The van der Waals surface area contributed by atoms with Gasteiger partial charge in [0.2, 0.25) is 0 Å². The Bertz CT molecular complexity index is 434. The molecule has 8 N–H and O–H groups in total. The SMILES string of the molecule is C.C.C.COCC(O)CO.COCC(O)CO.COCC(O)CO.COCC(O)COP.COCC(O)COP.C[O-].P.POCC1CO1.[Y].[Y].[Y]. The monoisotopic (exact) mass is 1080 g/mol. The van der Waals surface area contributed by atoms with Crippen LogP contribution in [-0.4, -0.2) is 199 Å². The van der Waals surface area contributed by atoms with Crippen LogP contribution >= 0.6 is 38.3 Å². The Kier molecular flexibility index (Phi) is 154. The molecule has 1 fully saturated rings. The third-order valence-electron chi connectivity index (χ3n) is 3.69. The quantitative estimate of drug-likeness (QED) is 0.0499. The van der Waals surface area contributed by atoms with Gasteiger partial charge in [0.05, 0.1) is 79.3 Å². The summed E-state index contributed by atoms with van der Waals surface area (Å²) >= 11 is 0. The van der Waals surface area contributed by atoms with Crippen molar-refractivity contribution in [1.82, 2.24) is 0 Å². The summed E-state index contributed by atoms with van der Waals surface area (Å²) in [6, 6.07) is 0. The summed E-state index contributed by atoms with van der Waals surface area (Å²) in [5, 5.41) is 75.7. The van der Waals surface area contributed by atoms with Crippen molar-refractivity contribution in [1.29, 1.82) is 0 Å². The number of rotatable bonds is 19. The Labute approximate surface area is 401 Å². The van der Waals surface area contributed by atoms with E-state index in [1.54, 1.807) is 0 Å². The van der Waals surface area contributed by atoms with Crippen molar-refractivity contribution in [3.05, 3.63) is 0 Å². The number of ether oxygens (including phenoxy) is 6. The third kappa shape index (κ3) is 111. The van der Waals surface area contributed by atoms with Crippen LogP contribution in [-0.2, 0) is 140 Å². The summed E-state index contributed by atoms with van der Waals surface area (Å²) < 4.78 is 41.2. The minimum atomic E-state index is -0.718. The summed E-state index contributed by atoms with van der Waals surface area (Å²) in [7, 11) is 14.5. The second-order valence-corrected chi connectivity index (χ2v) is 9.05. The molecule has 18 nitrogen and oxygen atoms in total. The van der Waals surface area contributed by atoms with Crippen LogP contribution < -0.4 is 5.11 Å². The van der Waals surface area contributed by atoms with Gasteiger partial charge in [-0.15, -0.1) is 0 Å². The van der Waals surface area contributed by atoms with Crippen molar-refractivity contribution in [2.24, 2.45) is 0 Å². The zero-order valence-corrected chi connectivity index (χ0v) is 43.2. The van der Waals surface area contributed by atoms with Crippen LogP contribution in [0.15, 0.2) is 0 Å². The van der Waals surface area contributed by atoms with E-state index in [0.29, 0.717) is 32.5 Å². The van der Waals surface area contributed by atoms with Crippen LogP contribution in [0, 0.1) is 0 Å². The van der Waals surface area contributed by atoms with Gasteiger partial charge in [0.15, 0.2) is 0 Å². The molecule has 3 radical (unpaired) electrons. The Morgan fingerprint density at radius 3 is 0.827 bits per heavy atom. The fourth-order valence-corrected chi connectivity index (χ4v) is 2.37. The zero-order valence-electron chi connectivity index (χ0n) is 29.8. The molecule has 0 aromatic rings. The molecule has 10 unspecified atom stereocenters. The molecule has 1 heterocycles. The molecule has 0 amide bonds. The zero-order chi connectivity index (χ0) is 36.3. The molecule has 0 aromatic carbocycles. The second kappa shape index (κ2) is 87.0. The summed E-state index contributed by atoms with van der Waals surface area (Å²) in [4.78, 5) is 0. The van der Waals surface area contributed by atoms with E-state index in [4.69, 9.17) is 50.7 Å². The average molecular weight is 1080 g/mol. The van der Waals surface area contributed by atoms with E-state index in [-0.39, 0.29) is 170 Å².